The lowest BCUT2D eigenvalue weighted by Crippen LogP contribution is -2.42. The van der Waals surface area contributed by atoms with E-state index >= 15 is 4.39 Å². The van der Waals surface area contributed by atoms with E-state index in [0.717, 1.165) is 25.9 Å². The molecular formula is C16H21FN4O3S. The molecule has 0 spiro atoms. The molecule has 2 aromatic rings. The molecule has 0 bridgehead atoms. The Labute approximate surface area is 145 Å². The summed E-state index contributed by atoms with van der Waals surface area (Å²) in [4.78, 5) is 14.4. The van der Waals surface area contributed by atoms with Gasteiger partial charge in [0.05, 0.1) is 22.2 Å². The number of halogens is 1. The molecule has 0 saturated carbocycles. The fourth-order valence-electron chi connectivity index (χ4n) is 2.73. The Hall–Kier alpha value is -2.16. The van der Waals surface area contributed by atoms with Crippen molar-refractivity contribution in [3.8, 4) is 0 Å². The van der Waals surface area contributed by atoms with Crippen LogP contribution < -0.4 is 9.62 Å². The average Bonchev–Trinajstić information content (AvgIpc) is 3.15. The standard InChI is InChI=1S/C16H21FN4O3S/c1-16(2,3)25(23,24)19-15(22)11-10-18-21-9-6-12(13(17)14(11)21)20-7-4-5-8-20/h6,9-10H,4-5,7-8H2,1-3H3,(H,19,22). The maximum atomic E-state index is 15.0. The molecule has 0 radical (unpaired) electrons. The lowest BCUT2D eigenvalue weighted by molar-refractivity contribution is 0.0982. The Kier molecular flexibility index (Phi) is 4.22. The van der Waals surface area contributed by atoms with E-state index in [1.165, 1.54) is 31.5 Å². The molecule has 0 aliphatic carbocycles. The van der Waals surface area contributed by atoms with Crippen LogP contribution in [0.5, 0.6) is 0 Å². The van der Waals surface area contributed by atoms with Gasteiger partial charge in [-0.1, -0.05) is 0 Å². The number of fused-ring (bicyclic) bond motifs is 1. The summed E-state index contributed by atoms with van der Waals surface area (Å²) in [6.45, 7) is 5.93. The molecule has 0 unspecified atom stereocenters. The SMILES string of the molecule is CC(C)(C)S(=O)(=O)NC(=O)c1cnn2ccc(N3CCCC3)c(F)c12. The highest BCUT2D eigenvalue weighted by Crippen LogP contribution is 2.28. The van der Waals surface area contributed by atoms with Crippen molar-refractivity contribution in [2.45, 2.75) is 38.4 Å². The molecule has 2 aromatic heterocycles. The molecule has 1 aliphatic rings. The van der Waals surface area contributed by atoms with Crippen LogP contribution in [0, 0.1) is 5.82 Å². The second-order valence-corrected chi connectivity index (χ2v) is 9.54. The number of nitrogens with one attached hydrogen (secondary N) is 1. The van der Waals surface area contributed by atoms with Crippen LogP contribution in [0.3, 0.4) is 0 Å². The van der Waals surface area contributed by atoms with Gasteiger partial charge in [0.15, 0.2) is 5.82 Å². The molecule has 7 nitrogen and oxygen atoms in total. The molecule has 0 aromatic carbocycles. The lowest BCUT2D eigenvalue weighted by Gasteiger charge is -2.20. The van der Waals surface area contributed by atoms with Gasteiger partial charge in [-0.15, -0.1) is 0 Å². The third-order valence-electron chi connectivity index (χ3n) is 4.33. The predicted molar refractivity (Wildman–Crippen MR) is 92.7 cm³/mol. The maximum Gasteiger partial charge on any atom is 0.268 e. The summed E-state index contributed by atoms with van der Waals surface area (Å²) < 4.78 is 41.5. The van der Waals surface area contributed by atoms with E-state index in [-0.39, 0.29) is 11.1 Å². The Morgan fingerprint density at radius 2 is 1.92 bits per heavy atom. The topological polar surface area (TPSA) is 83.8 Å². The van der Waals surface area contributed by atoms with Gasteiger partial charge in [0, 0.05) is 19.3 Å². The third-order valence-corrected chi connectivity index (χ3v) is 6.39. The first-order valence-electron chi connectivity index (χ1n) is 8.09. The van der Waals surface area contributed by atoms with Crippen LogP contribution in [-0.2, 0) is 10.0 Å². The number of hydrogen-bond donors (Lipinski definition) is 1. The molecule has 25 heavy (non-hydrogen) atoms. The van der Waals surface area contributed by atoms with Crippen LogP contribution >= 0.6 is 0 Å². The van der Waals surface area contributed by atoms with Crippen molar-refractivity contribution in [3.63, 3.8) is 0 Å². The summed E-state index contributed by atoms with van der Waals surface area (Å²) in [5, 5.41) is 3.96. The van der Waals surface area contributed by atoms with Crippen LogP contribution in [0.1, 0.15) is 44.0 Å². The molecule has 1 aliphatic heterocycles. The number of aromatic nitrogens is 2. The van der Waals surface area contributed by atoms with E-state index < -0.39 is 26.5 Å². The molecule has 136 valence electrons. The minimum absolute atomic E-state index is 0.0222. The molecule has 1 amide bonds. The van der Waals surface area contributed by atoms with E-state index in [9.17, 15) is 13.2 Å². The highest BCUT2D eigenvalue weighted by molar-refractivity contribution is 7.91. The van der Waals surface area contributed by atoms with Crippen LogP contribution in [0.15, 0.2) is 18.5 Å². The molecule has 3 heterocycles. The van der Waals surface area contributed by atoms with Gasteiger partial charge in [-0.25, -0.2) is 22.0 Å². The van der Waals surface area contributed by atoms with E-state index in [2.05, 4.69) is 5.10 Å². The normalized spacial score (nSPS) is 15.8. The van der Waals surface area contributed by atoms with E-state index in [1.54, 1.807) is 12.3 Å². The van der Waals surface area contributed by atoms with Gasteiger partial charge in [0.1, 0.15) is 5.52 Å². The zero-order valence-corrected chi connectivity index (χ0v) is 15.2. The number of amides is 1. The highest BCUT2D eigenvalue weighted by Gasteiger charge is 2.32. The molecule has 9 heteroatoms. The first-order valence-corrected chi connectivity index (χ1v) is 9.57. The van der Waals surface area contributed by atoms with Crippen molar-refractivity contribution in [2.24, 2.45) is 0 Å². The van der Waals surface area contributed by atoms with Crippen molar-refractivity contribution < 1.29 is 17.6 Å². The highest BCUT2D eigenvalue weighted by atomic mass is 32.2. The monoisotopic (exact) mass is 368 g/mol. The number of sulfonamides is 1. The minimum atomic E-state index is -3.90. The quantitative estimate of drug-likeness (QED) is 0.895. The molecule has 3 rings (SSSR count). The number of pyridine rings is 1. The van der Waals surface area contributed by atoms with E-state index in [4.69, 9.17) is 0 Å². The number of nitrogens with zero attached hydrogens (tertiary/aromatic N) is 3. The Balaban J connectivity index is 2.02. The van der Waals surface area contributed by atoms with Gasteiger partial charge in [-0.3, -0.25) is 4.79 Å². The summed E-state index contributed by atoms with van der Waals surface area (Å²) in [6, 6.07) is 1.62. The molecular weight excluding hydrogens is 347 g/mol. The minimum Gasteiger partial charge on any atom is -0.369 e. The Morgan fingerprint density at radius 1 is 1.28 bits per heavy atom. The van der Waals surface area contributed by atoms with Crippen molar-refractivity contribution in [1.29, 1.82) is 0 Å². The first-order chi connectivity index (χ1) is 11.6. The summed E-state index contributed by atoms with van der Waals surface area (Å²) in [6.07, 6.45) is 4.73. The van der Waals surface area contributed by atoms with Crippen molar-refractivity contribution in [3.05, 3.63) is 29.8 Å². The second-order valence-electron chi connectivity index (χ2n) is 7.11. The van der Waals surface area contributed by atoms with Crippen LogP contribution in [0.2, 0.25) is 0 Å². The zero-order chi connectivity index (χ0) is 18.4. The molecule has 1 saturated heterocycles. The number of anilines is 1. The average molecular weight is 368 g/mol. The van der Waals surface area contributed by atoms with Crippen LogP contribution in [0.4, 0.5) is 10.1 Å². The van der Waals surface area contributed by atoms with Gasteiger partial charge < -0.3 is 4.90 Å². The van der Waals surface area contributed by atoms with Crippen molar-refractivity contribution in [2.75, 3.05) is 18.0 Å². The summed E-state index contributed by atoms with van der Waals surface area (Å²) in [5.74, 6) is -1.46. The van der Waals surface area contributed by atoms with Crippen LogP contribution in [-0.4, -0.2) is 41.8 Å². The molecule has 1 N–H and O–H groups in total. The molecule has 0 atom stereocenters. The smallest absolute Gasteiger partial charge is 0.268 e. The fraction of sp³-hybridized carbons (Fsp3) is 0.500. The Bertz CT molecular complexity index is 925. The van der Waals surface area contributed by atoms with Gasteiger partial charge in [-0.05, 0) is 39.7 Å². The van der Waals surface area contributed by atoms with Gasteiger partial charge in [0.2, 0.25) is 10.0 Å². The molecule has 1 fully saturated rings. The number of carbonyl (C=O) groups excluding carboxylic acids is 1. The summed E-state index contributed by atoms with van der Waals surface area (Å²) in [7, 11) is -3.90. The maximum absolute atomic E-state index is 15.0. The number of rotatable bonds is 3. The first kappa shape index (κ1) is 17.7. The Morgan fingerprint density at radius 3 is 2.52 bits per heavy atom. The number of hydrogen-bond acceptors (Lipinski definition) is 5. The fourth-order valence-corrected chi connectivity index (χ4v) is 3.39. The van der Waals surface area contributed by atoms with Crippen molar-refractivity contribution in [1.82, 2.24) is 14.3 Å². The second kappa shape index (κ2) is 5.98. The van der Waals surface area contributed by atoms with Gasteiger partial charge in [-0.2, -0.15) is 5.10 Å². The van der Waals surface area contributed by atoms with Crippen LogP contribution in [0.25, 0.3) is 5.52 Å². The number of carbonyl (C=O) groups is 1. The lowest BCUT2D eigenvalue weighted by atomic mass is 10.2. The van der Waals surface area contributed by atoms with Gasteiger partial charge in [0.25, 0.3) is 5.91 Å². The zero-order valence-electron chi connectivity index (χ0n) is 14.4. The van der Waals surface area contributed by atoms with Gasteiger partial charge >= 0.3 is 0 Å². The third kappa shape index (κ3) is 3.08. The summed E-state index contributed by atoms with van der Waals surface area (Å²) >= 11 is 0. The van der Waals surface area contributed by atoms with Crippen molar-refractivity contribution >= 4 is 27.1 Å². The van der Waals surface area contributed by atoms with E-state index in [1.807, 2.05) is 9.62 Å². The predicted octanol–water partition coefficient (Wildman–Crippen LogP) is 1.93. The largest absolute Gasteiger partial charge is 0.369 e. The summed E-state index contributed by atoms with van der Waals surface area (Å²) in [5.41, 5.74) is 0.274. The van der Waals surface area contributed by atoms with E-state index in [0.29, 0.717) is 5.69 Å².